The van der Waals surface area contributed by atoms with Gasteiger partial charge in [0.25, 0.3) is 0 Å². The molecule has 0 amide bonds. The van der Waals surface area contributed by atoms with Crippen molar-refractivity contribution in [2.24, 2.45) is 4.99 Å². The molecule has 2 aromatic rings. The van der Waals surface area contributed by atoms with Gasteiger partial charge in [-0.1, -0.05) is 12.1 Å². The lowest BCUT2D eigenvalue weighted by atomic mass is 10.1. The van der Waals surface area contributed by atoms with E-state index in [1.807, 2.05) is 26.1 Å². The van der Waals surface area contributed by atoms with Crippen LogP contribution in [0.2, 0.25) is 0 Å². The van der Waals surface area contributed by atoms with Crippen LogP contribution in [0.4, 0.5) is 0 Å². The molecule has 0 spiro atoms. The van der Waals surface area contributed by atoms with E-state index in [4.69, 9.17) is 9.47 Å². The summed E-state index contributed by atoms with van der Waals surface area (Å²) in [6, 6.07) is 8.62. The highest BCUT2D eigenvalue weighted by molar-refractivity contribution is 14.0. The van der Waals surface area contributed by atoms with Gasteiger partial charge in [-0.3, -0.25) is 14.9 Å². The van der Waals surface area contributed by atoms with Crippen molar-refractivity contribution in [1.29, 1.82) is 0 Å². The third-order valence-electron chi connectivity index (χ3n) is 5.92. The molecule has 0 aliphatic carbocycles. The smallest absolute Gasteiger partial charge is 0.191 e. The van der Waals surface area contributed by atoms with Crippen LogP contribution in [0.5, 0.6) is 11.5 Å². The van der Waals surface area contributed by atoms with Crippen molar-refractivity contribution in [3.8, 4) is 11.5 Å². The van der Waals surface area contributed by atoms with E-state index < -0.39 is 0 Å². The van der Waals surface area contributed by atoms with Crippen LogP contribution >= 0.6 is 24.0 Å². The van der Waals surface area contributed by atoms with Gasteiger partial charge in [-0.2, -0.15) is 0 Å². The average Bonchev–Trinajstić information content (AvgIpc) is 3.32. The first-order valence-electron chi connectivity index (χ1n) is 10.9. The van der Waals surface area contributed by atoms with Crippen molar-refractivity contribution in [3.05, 3.63) is 52.8 Å². The molecule has 0 radical (unpaired) electrons. The van der Waals surface area contributed by atoms with Crippen LogP contribution in [0.15, 0.2) is 35.5 Å². The fraction of sp³-hybridized carbons (Fsp3) is 0.500. The Morgan fingerprint density at radius 1 is 1.16 bits per heavy atom. The molecule has 7 nitrogen and oxygen atoms in total. The molecule has 1 aromatic heterocycles. The van der Waals surface area contributed by atoms with E-state index in [0.29, 0.717) is 6.54 Å². The normalized spacial score (nSPS) is 15.1. The molecule has 1 fully saturated rings. The number of guanidine groups is 1. The molecular weight excluding hydrogens is 517 g/mol. The number of halogens is 1. The van der Waals surface area contributed by atoms with E-state index in [2.05, 4.69) is 43.7 Å². The van der Waals surface area contributed by atoms with Gasteiger partial charge in [-0.25, -0.2) is 0 Å². The summed E-state index contributed by atoms with van der Waals surface area (Å²) >= 11 is 0. The zero-order valence-corrected chi connectivity index (χ0v) is 22.1. The molecule has 0 saturated carbocycles. The lowest BCUT2D eigenvalue weighted by Crippen LogP contribution is -2.42. The molecule has 1 aliphatic heterocycles. The molecule has 1 aliphatic rings. The first-order valence-corrected chi connectivity index (χ1v) is 10.9. The zero-order valence-electron chi connectivity index (χ0n) is 19.8. The number of nitrogens with one attached hydrogen (secondary N) is 2. The topological polar surface area (TPSA) is 71.0 Å². The molecular formula is C24H36IN5O2. The van der Waals surface area contributed by atoms with Crippen molar-refractivity contribution in [2.45, 2.75) is 39.3 Å². The number of pyridine rings is 1. The molecule has 0 bridgehead atoms. The highest BCUT2D eigenvalue weighted by Crippen LogP contribution is 2.27. The van der Waals surface area contributed by atoms with E-state index in [1.54, 1.807) is 21.3 Å². The van der Waals surface area contributed by atoms with Gasteiger partial charge in [0.15, 0.2) is 5.96 Å². The Kier molecular flexibility index (Phi) is 10.5. The Balaban J connectivity index is 0.00000363. The fourth-order valence-corrected chi connectivity index (χ4v) is 4.19. The van der Waals surface area contributed by atoms with Gasteiger partial charge in [0.05, 0.1) is 32.5 Å². The maximum atomic E-state index is 5.52. The van der Waals surface area contributed by atoms with Gasteiger partial charge in [0.1, 0.15) is 11.5 Å². The first-order chi connectivity index (χ1) is 15.1. The Hall–Kier alpha value is -2.07. The summed E-state index contributed by atoms with van der Waals surface area (Å²) in [7, 11) is 5.20. The fourth-order valence-electron chi connectivity index (χ4n) is 4.19. The largest absolute Gasteiger partial charge is 0.497 e. The second-order valence-corrected chi connectivity index (χ2v) is 7.89. The second-order valence-electron chi connectivity index (χ2n) is 7.89. The summed E-state index contributed by atoms with van der Waals surface area (Å²) in [4.78, 5) is 11.5. The minimum atomic E-state index is 0. The predicted molar refractivity (Wildman–Crippen MR) is 140 cm³/mol. The van der Waals surface area contributed by atoms with Gasteiger partial charge >= 0.3 is 0 Å². The van der Waals surface area contributed by atoms with E-state index in [0.717, 1.165) is 53.9 Å². The summed E-state index contributed by atoms with van der Waals surface area (Å²) < 4.78 is 11.0. The lowest BCUT2D eigenvalue weighted by molar-refractivity contribution is 0.245. The molecule has 32 heavy (non-hydrogen) atoms. The highest BCUT2D eigenvalue weighted by atomic mass is 127. The van der Waals surface area contributed by atoms with Crippen LogP contribution < -0.4 is 20.1 Å². The number of aryl methyl sites for hydroxylation is 1. The molecule has 2 heterocycles. The number of rotatable bonds is 8. The van der Waals surface area contributed by atoms with E-state index in [-0.39, 0.29) is 30.0 Å². The number of aliphatic imine (C=N–C) groups is 1. The summed E-state index contributed by atoms with van der Waals surface area (Å²) in [5, 5.41) is 6.90. The SMILES string of the molecule is CN=C(NCc1ncc(C)c(OC)c1C)NCC(c1cccc(OC)c1)N1CCCC1.I. The minimum Gasteiger partial charge on any atom is -0.497 e. The van der Waals surface area contributed by atoms with E-state index in [9.17, 15) is 0 Å². The quantitative estimate of drug-likeness (QED) is 0.294. The first kappa shape index (κ1) is 26.2. The summed E-state index contributed by atoms with van der Waals surface area (Å²) in [6.45, 7) is 7.61. The van der Waals surface area contributed by atoms with Gasteiger partial charge in [0, 0.05) is 30.9 Å². The summed E-state index contributed by atoms with van der Waals surface area (Å²) in [5.41, 5.74) is 4.30. The maximum absolute atomic E-state index is 5.52. The number of ether oxygens (including phenoxy) is 2. The number of hydrogen-bond donors (Lipinski definition) is 2. The van der Waals surface area contributed by atoms with Crippen LogP contribution in [0, 0.1) is 13.8 Å². The Morgan fingerprint density at radius 2 is 1.91 bits per heavy atom. The minimum absolute atomic E-state index is 0. The third-order valence-corrected chi connectivity index (χ3v) is 5.92. The van der Waals surface area contributed by atoms with Crippen molar-refractivity contribution >= 4 is 29.9 Å². The Bertz CT molecular complexity index is 900. The maximum Gasteiger partial charge on any atom is 0.191 e. The van der Waals surface area contributed by atoms with E-state index >= 15 is 0 Å². The van der Waals surface area contributed by atoms with Crippen molar-refractivity contribution in [1.82, 2.24) is 20.5 Å². The molecule has 3 rings (SSSR count). The van der Waals surface area contributed by atoms with Crippen molar-refractivity contribution in [3.63, 3.8) is 0 Å². The van der Waals surface area contributed by atoms with Crippen LogP contribution in [0.3, 0.4) is 0 Å². The molecule has 1 unspecified atom stereocenters. The van der Waals surface area contributed by atoms with Gasteiger partial charge in [-0.15, -0.1) is 24.0 Å². The number of hydrogen-bond acceptors (Lipinski definition) is 5. The number of methoxy groups -OCH3 is 2. The molecule has 176 valence electrons. The van der Waals surface area contributed by atoms with Crippen LogP contribution in [0.1, 0.15) is 41.3 Å². The Labute approximate surface area is 209 Å². The molecule has 8 heteroatoms. The number of aromatic nitrogens is 1. The van der Waals surface area contributed by atoms with Gasteiger partial charge < -0.3 is 20.1 Å². The standard InChI is InChI=1S/C24H35N5O2.HI/c1-17-14-26-21(18(2)23(17)31-5)15-27-24(25-3)28-16-22(29-11-6-7-12-29)19-9-8-10-20(13-19)30-4;/h8-10,13-14,22H,6-7,11-12,15-16H2,1-5H3,(H2,25,27,28);1H. The molecule has 1 aromatic carbocycles. The molecule has 1 atom stereocenters. The zero-order chi connectivity index (χ0) is 22.2. The van der Waals surface area contributed by atoms with Crippen LogP contribution in [0.25, 0.3) is 0 Å². The monoisotopic (exact) mass is 553 g/mol. The summed E-state index contributed by atoms with van der Waals surface area (Å²) in [5.74, 6) is 2.54. The lowest BCUT2D eigenvalue weighted by Gasteiger charge is -2.29. The molecule has 2 N–H and O–H groups in total. The number of likely N-dealkylation sites (tertiary alicyclic amines) is 1. The molecule has 1 saturated heterocycles. The number of nitrogens with zero attached hydrogens (tertiary/aromatic N) is 3. The third kappa shape index (κ3) is 6.48. The highest BCUT2D eigenvalue weighted by Gasteiger charge is 2.24. The Morgan fingerprint density at radius 3 is 2.56 bits per heavy atom. The number of benzene rings is 1. The van der Waals surface area contributed by atoms with Gasteiger partial charge in [-0.05, 0) is 57.5 Å². The van der Waals surface area contributed by atoms with Gasteiger partial charge in [0.2, 0.25) is 0 Å². The second kappa shape index (κ2) is 12.8. The van der Waals surface area contributed by atoms with Crippen LogP contribution in [-0.2, 0) is 6.54 Å². The average molecular weight is 553 g/mol. The predicted octanol–water partition coefficient (Wildman–Crippen LogP) is 3.84. The van der Waals surface area contributed by atoms with E-state index in [1.165, 1.54) is 18.4 Å². The van der Waals surface area contributed by atoms with Crippen LogP contribution in [-0.4, -0.2) is 56.7 Å². The summed E-state index contributed by atoms with van der Waals surface area (Å²) in [6.07, 6.45) is 4.34. The van der Waals surface area contributed by atoms with Crippen molar-refractivity contribution < 1.29 is 9.47 Å². The van der Waals surface area contributed by atoms with Crippen molar-refractivity contribution in [2.75, 3.05) is 40.9 Å².